The van der Waals surface area contributed by atoms with Crippen molar-refractivity contribution in [1.82, 2.24) is 10.6 Å². The quantitative estimate of drug-likeness (QED) is 0.218. The van der Waals surface area contributed by atoms with Crippen molar-refractivity contribution in [1.29, 1.82) is 0 Å². The highest BCUT2D eigenvalue weighted by atomic mass is 127. The van der Waals surface area contributed by atoms with Crippen LogP contribution in [0.25, 0.3) is 0 Å². The molecule has 0 saturated heterocycles. The fourth-order valence-electron chi connectivity index (χ4n) is 1.78. The van der Waals surface area contributed by atoms with Crippen LogP contribution in [0.15, 0.2) is 4.99 Å². The molecular weight excluding hydrogens is 391 g/mol. The molecule has 0 aliphatic heterocycles. The molecule has 4 N–H and O–H groups in total. The smallest absolute Gasteiger partial charge is 0.225 e. The summed E-state index contributed by atoms with van der Waals surface area (Å²) in [6, 6.07) is 0. The Bertz CT molecular complexity index is 314. The van der Waals surface area contributed by atoms with E-state index in [2.05, 4.69) is 22.5 Å². The number of hydrogen-bond donors (Lipinski definition) is 3. The first-order chi connectivity index (χ1) is 9.88. The summed E-state index contributed by atoms with van der Waals surface area (Å²) in [6.07, 6.45) is 7.52. The van der Waals surface area contributed by atoms with Crippen LogP contribution < -0.4 is 16.4 Å². The van der Waals surface area contributed by atoms with Gasteiger partial charge >= 0.3 is 0 Å². The standard InChI is InChI=1S/C16H34N4O.HI/c1-5-6-7-8-9-10-11-19-15(17)20-13-12-18-14(21)16(2,3)4;/h5-13H2,1-4H3,(H,18,21)(H3,17,19,20);1H. The second-order valence-electron chi connectivity index (χ2n) is 6.47. The summed E-state index contributed by atoms with van der Waals surface area (Å²) in [5.41, 5.74) is 5.42. The van der Waals surface area contributed by atoms with Gasteiger partial charge < -0.3 is 16.4 Å². The van der Waals surface area contributed by atoms with Crippen molar-refractivity contribution in [2.45, 2.75) is 66.2 Å². The predicted molar refractivity (Wildman–Crippen MR) is 106 cm³/mol. The van der Waals surface area contributed by atoms with Crippen LogP contribution in [0.3, 0.4) is 0 Å². The van der Waals surface area contributed by atoms with E-state index < -0.39 is 0 Å². The van der Waals surface area contributed by atoms with Gasteiger partial charge in [0.25, 0.3) is 0 Å². The average molecular weight is 426 g/mol. The van der Waals surface area contributed by atoms with Crippen molar-refractivity contribution in [3.05, 3.63) is 0 Å². The number of guanidine groups is 1. The fourth-order valence-corrected chi connectivity index (χ4v) is 1.78. The number of carbonyl (C=O) groups excluding carboxylic acids is 1. The highest BCUT2D eigenvalue weighted by Gasteiger charge is 2.20. The van der Waals surface area contributed by atoms with Gasteiger partial charge in [-0.05, 0) is 6.42 Å². The van der Waals surface area contributed by atoms with Crippen LogP contribution in [-0.4, -0.2) is 31.5 Å². The van der Waals surface area contributed by atoms with Crippen molar-refractivity contribution >= 4 is 35.8 Å². The van der Waals surface area contributed by atoms with Crippen molar-refractivity contribution in [2.75, 3.05) is 19.6 Å². The second-order valence-corrected chi connectivity index (χ2v) is 6.47. The molecule has 0 bridgehead atoms. The van der Waals surface area contributed by atoms with Crippen molar-refractivity contribution < 1.29 is 4.79 Å². The van der Waals surface area contributed by atoms with Gasteiger partial charge in [-0.25, -0.2) is 0 Å². The lowest BCUT2D eigenvalue weighted by atomic mass is 9.96. The van der Waals surface area contributed by atoms with E-state index in [4.69, 9.17) is 5.73 Å². The molecule has 0 rings (SSSR count). The lowest BCUT2D eigenvalue weighted by Gasteiger charge is -2.17. The molecule has 5 nitrogen and oxygen atoms in total. The molecule has 6 heteroatoms. The summed E-state index contributed by atoms with van der Waals surface area (Å²) >= 11 is 0. The fraction of sp³-hybridized carbons (Fsp3) is 0.875. The minimum absolute atomic E-state index is 0. The van der Waals surface area contributed by atoms with Crippen LogP contribution in [-0.2, 0) is 4.79 Å². The summed E-state index contributed by atoms with van der Waals surface area (Å²) in [5, 5.41) is 5.88. The maximum Gasteiger partial charge on any atom is 0.225 e. The minimum Gasteiger partial charge on any atom is -0.370 e. The zero-order valence-electron chi connectivity index (χ0n) is 14.7. The van der Waals surface area contributed by atoms with Crippen LogP contribution in [0.5, 0.6) is 0 Å². The first kappa shape index (κ1) is 23.7. The molecule has 0 unspecified atom stereocenters. The molecule has 132 valence electrons. The van der Waals surface area contributed by atoms with Crippen molar-refractivity contribution in [3.63, 3.8) is 0 Å². The van der Waals surface area contributed by atoms with Gasteiger partial charge in [0.2, 0.25) is 5.91 Å². The average Bonchev–Trinajstić information content (AvgIpc) is 2.41. The van der Waals surface area contributed by atoms with E-state index in [0.717, 1.165) is 13.0 Å². The predicted octanol–water partition coefficient (Wildman–Crippen LogP) is 3.03. The van der Waals surface area contributed by atoms with Crippen LogP contribution >= 0.6 is 24.0 Å². The first-order valence-corrected chi connectivity index (χ1v) is 8.20. The summed E-state index contributed by atoms with van der Waals surface area (Å²) < 4.78 is 0. The number of rotatable bonds is 10. The number of hydrogen-bond acceptors (Lipinski definition) is 2. The minimum atomic E-state index is -0.350. The maximum absolute atomic E-state index is 11.6. The molecule has 0 radical (unpaired) electrons. The Hall–Kier alpha value is -0.530. The molecule has 0 atom stereocenters. The molecule has 0 fully saturated rings. The number of halogens is 1. The number of nitrogens with zero attached hydrogens (tertiary/aromatic N) is 1. The maximum atomic E-state index is 11.6. The van der Waals surface area contributed by atoms with E-state index in [1.54, 1.807) is 0 Å². The molecule has 0 spiro atoms. The van der Waals surface area contributed by atoms with Crippen molar-refractivity contribution in [2.24, 2.45) is 16.1 Å². The van der Waals surface area contributed by atoms with E-state index in [0.29, 0.717) is 19.0 Å². The summed E-state index contributed by atoms with van der Waals surface area (Å²) in [4.78, 5) is 15.9. The number of aliphatic imine (C=N–C) groups is 1. The molecule has 0 heterocycles. The Kier molecular flexibility index (Phi) is 15.2. The number of unbranched alkanes of at least 4 members (excludes halogenated alkanes) is 5. The van der Waals surface area contributed by atoms with E-state index >= 15 is 0 Å². The van der Waals surface area contributed by atoms with Gasteiger partial charge in [0.15, 0.2) is 5.96 Å². The number of amides is 1. The molecule has 0 aromatic rings. The van der Waals surface area contributed by atoms with E-state index in [1.165, 1.54) is 32.1 Å². The second kappa shape index (κ2) is 14.1. The zero-order valence-corrected chi connectivity index (χ0v) is 17.0. The van der Waals surface area contributed by atoms with Crippen LogP contribution in [0.2, 0.25) is 0 Å². The molecule has 1 amide bonds. The molecule has 0 aliphatic rings. The first-order valence-electron chi connectivity index (χ1n) is 8.20. The largest absolute Gasteiger partial charge is 0.370 e. The van der Waals surface area contributed by atoms with Gasteiger partial charge in [-0.1, -0.05) is 59.8 Å². The number of carbonyl (C=O) groups is 1. The topological polar surface area (TPSA) is 79.5 Å². The molecule has 0 aromatic carbocycles. The zero-order chi connectivity index (χ0) is 16.1. The molecule has 0 saturated carbocycles. The lowest BCUT2D eigenvalue weighted by molar-refractivity contribution is -0.128. The molecular formula is C16H35IN4O. The van der Waals surface area contributed by atoms with Gasteiger partial charge in [0, 0.05) is 25.0 Å². The van der Waals surface area contributed by atoms with E-state index in [9.17, 15) is 4.79 Å². The summed E-state index contributed by atoms with van der Waals surface area (Å²) in [7, 11) is 0. The Balaban J connectivity index is 0. The molecule has 0 aromatic heterocycles. The highest BCUT2D eigenvalue weighted by Crippen LogP contribution is 2.11. The van der Waals surface area contributed by atoms with Gasteiger partial charge in [-0.15, -0.1) is 24.0 Å². The van der Waals surface area contributed by atoms with Gasteiger partial charge in [0.1, 0.15) is 0 Å². The van der Waals surface area contributed by atoms with Crippen LogP contribution in [0.1, 0.15) is 66.2 Å². The Morgan fingerprint density at radius 2 is 1.55 bits per heavy atom. The third-order valence-corrected chi connectivity index (χ3v) is 3.19. The highest BCUT2D eigenvalue weighted by molar-refractivity contribution is 14.0. The van der Waals surface area contributed by atoms with Gasteiger partial charge in [0.05, 0.1) is 0 Å². The summed E-state index contributed by atoms with van der Waals surface area (Å²) in [6.45, 7) is 9.85. The molecule has 22 heavy (non-hydrogen) atoms. The summed E-state index contributed by atoms with van der Waals surface area (Å²) in [5.74, 6) is 0.514. The SMILES string of the molecule is CCCCCCCCN=C(N)NCCNC(=O)C(C)(C)C.I. The lowest BCUT2D eigenvalue weighted by Crippen LogP contribution is -2.41. The van der Waals surface area contributed by atoms with Gasteiger partial charge in [-0.3, -0.25) is 9.79 Å². The molecule has 0 aliphatic carbocycles. The Morgan fingerprint density at radius 1 is 1.00 bits per heavy atom. The monoisotopic (exact) mass is 426 g/mol. The van der Waals surface area contributed by atoms with Gasteiger partial charge in [-0.2, -0.15) is 0 Å². The Morgan fingerprint density at radius 3 is 2.14 bits per heavy atom. The third-order valence-electron chi connectivity index (χ3n) is 3.19. The normalized spacial score (nSPS) is 11.7. The number of nitrogens with one attached hydrogen (secondary N) is 2. The Labute approximate surface area is 153 Å². The number of nitrogens with two attached hydrogens (primary N) is 1. The van der Waals surface area contributed by atoms with Crippen LogP contribution in [0, 0.1) is 5.41 Å². The van der Waals surface area contributed by atoms with Crippen molar-refractivity contribution in [3.8, 4) is 0 Å². The van der Waals surface area contributed by atoms with Crippen LogP contribution in [0.4, 0.5) is 0 Å². The van der Waals surface area contributed by atoms with E-state index in [-0.39, 0.29) is 35.3 Å². The van der Waals surface area contributed by atoms with E-state index in [1.807, 2.05) is 20.8 Å². The third kappa shape index (κ3) is 14.4.